The molecular formula is C23H24N2O3. The summed E-state index contributed by atoms with van der Waals surface area (Å²) in [4.78, 5) is 16.6. The number of methoxy groups -OCH3 is 1. The minimum Gasteiger partial charge on any atom is -0.494 e. The number of aryl methyl sites for hydroxylation is 1. The van der Waals surface area contributed by atoms with E-state index in [1.807, 2.05) is 62.5 Å². The second kappa shape index (κ2) is 8.57. The maximum Gasteiger partial charge on any atom is 0.338 e. The van der Waals surface area contributed by atoms with Crippen LogP contribution < -0.4 is 4.74 Å². The molecule has 0 unspecified atom stereocenters. The maximum atomic E-state index is 12.1. The summed E-state index contributed by atoms with van der Waals surface area (Å²) in [6.45, 7) is 6.22. The zero-order valence-corrected chi connectivity index (χ0v) is 16.6. The molecule has 0 radical (unpaired) electrons. The molecule has 144 valence electrons. The van der Waals surface area contributed by atoms with E-state index in [1.165, 1.54) is 0 Å². The van der Waals surface area contributed by atoms with Gasteiger partial charge in [0.2, 0.25) is 0 Å². The minimum atomic E-state index is -0.315. The molecule has 0 atom stereocenters. The third kappa shape index (κ3) is 3.98. The van der Waals surface area contributed by atoms with Gasteiger partial charge in [-0.05, 0) is 57.2 Å². The monoisotopic (exact) mass is 376 g/mol. The van der Waals surface area contributed by atoms with Crippen LogP contribution in [0.5, 0.6) is 5.75 Å². The van der Waals surface area contributed by atoms with Crippen molar-refractivity contribution < 1.29 is 14.3 Å². The van der Waals surface area contributed by atoms with Gasteiger partial charge in [0.25, 0.3) is 0 Å². The molecule has 0 saturated carbocycles. The van der Waals surface area contributed by atoms with Crippen molar-refractivity contribution in [3.8, 4) is 11.4 Å². The number of aromatic nitrogens is 1. The molecule has 0 aliphatic carbocycles. The molecular weight excluding hydrogens is 352 g/mol. The number of aliphatic imine (C=N–C) groups is 1. The van der Waals surface area contributed by atoms with Crippen molar-refractivity contribution in [3.05, 3.63) is 77.1 Å². The number of rotatable bonds is 6. The van der Waals surface area contributed by atoms with E-state index in [4.69, 9.17) is 9.47 Å². The number of nitrogens with zero attached hydrogens (tertiary/aromatic N) is 2. The predicted molar refractivity (Wildman–Crippen MR) is 111 cm³/mol. The van der Waals surface area contributed by atoms with Crippen molar-refractivity contribution in [2.75, 3.05) is 13.7 Å². The van der Waals surface area contributed by atoms with E-state index in [9.17, 15) is 4.79 Å². The Morgan fingerprint density at radius 3 is 2.64 bits per heavy atom. The molecule has 1 heterocycles. The summed E-state index contributed by atoms with van der Waals surface area (Å²) in [5.41, 5.74) is 5.33. The molecule has 5 nitrogen and oxygen atoms in total. The van der Waals surface area contributed by atoms with E-state index in [-0.39, 0.29) is 5.97 Å². The first-order chi connectivity index (χ1) is 13.5. The summed E-state index contributed by atoms with van der Waals surface area (Å²) in [5.74, 6) is 0.416. The number of benzene rings is 2. The molecule has 2 aromatic carbocycles. The molecule has 3 rings (SSSR count). The van der Waals surface area contributed by atoms with Crippen LogP contribution in [0, 0.1) is 13.8 Å². The summed E-state index contributed by atoms with van der Waals surface area (Å²) in [6, 6.07) is 17.2. The third-order valence-corrected chi connectivity index (χ3v) is 4.51. The van der Waals surface area contributed by atoms with Crippen LogP contribution in [0.2, 0.25) is 0 Å². The smallest absolute Gasteiger partial charge is 0.338 e. The Balaban J connectivity index is 1.96. The third-order valence-electron chi connectivity index (χ3n) is 4.51. The molecule has 0 aliphatic heterocycles. The lowest BCUT2D eigenvalue weighted by Gasteiger charge is -2.11. The Morgan fingerprint density at radius 2 is 1.89 bits per heavy atom. The van der Waals surface area contributed by atoms with E-state index in [1.54, 1.807) is 20.1 Å². The van der Waals surface area contributed by atoms with Crippen LogP contribution >= 0.6 is 0 Å². The van der Waals surface area contributed by atoms with Gasteiger partial charge in [-0.1, -0.05) is 18.2 Å². The van der Waals surface area contributed by atoms with Crippen LogP contribution in [0.25, 0.3) is 5.69 Å². The van der Waals surface area contributed by atoms with Gasteiger partial charge in [0.1, 0.15) is 11.4 Å². The highest BCUT2D eigenvalue weighted by molar-refractivity contribution is 5.90. The van der Waals surface area contributed by atoms with Gasteiger partial charge in [-0.25, -0.2) is 4.79 Å². The van der Waals surface area contributed by atoms with Gasteiger partial charge >= 0.3 is 5.97 Å². The molecule has 28 heavy (non-hydrogen) atoms. The van der Waals surface area contributed by atoms with Crippen molar-refractivity contribution in [2.45, 2.75) is 20.8 Å². The summed E-state index contributed by atoms with van der Waals surface area (Å²) in [6.07, 6.45) is 1.84. The van der Waals surface area contributed by atoms with E-state index in [0.29, 0.717) is 12.2 Å². The number of carbonyl (C=O) groups excluding carboxylic acids is 1. The summed E-state index contributed by atoms with van der Waals surface area (Å²) >= 11 is 0. The largest absolute Gasteiger partial charge is 0.494 e. The number of carbonyl (C=O) groups is 1. The molecule has 0 bridgehead atoms. The van der Waals surface area contributed by atoms with E-state index < -0.39 is 0 Å². The minimum absolute atomic E-state index is 0.315. The fourth-order valence-electron chi connectivity index (χ4n) is 3.18. The molecule has 0 fully saturated rings. The number of hydrogen-bond acceptors (Lipinski definition) is 4. The van der Waals surface area contributed by atoms with Crippen molar-refractivity contribution in [2.24, 2.45) is 4.99 Å². The van der Waals surface area contributed by atoms with Gasteiger partial charge in [-0.3, -0.25) is 4.99 Å². The van der Waals surface area contributed by atoms with Gasteiger partial charge in [-0.2, -0.15) is 0 Å². The Kier molecular flexibility index (Phi) is 5.94. The highest BCUT2D eigenvalue weighted by Crippen LogP contribution is 2.27. The van der Waals surface area contributed by atoms with Crippen LogP contribution in [-0.2, 0) is 4.74 Å². The lowest BCUT2D eigenvalue weighted by molar-refractivity contribution is 0.0526. The van der Waals surface area contributed by atoms with Crippen LogP contribution in [0.4, 0.5) is 5.69 Å². The van der Waals surface area contributed by atoms with Crippen molar-refractivity contribution in [3.63, 3.8) is 0 Å². The molecule has 0 spiro atoms. The first-order valence-electron chi connectivity index (χ1n) is 9.18. The number of esters is 1. The fraction of sp³-hybridized carbons (Fsp3) is 0.217. The lowest BCUT2D eigenvalue weighted by Crippen LogP contribution is -2.06. The Bertz CT molecular complexity index is 1020. The summed E-state index contributed by atoms with van der Waals surface area (Å²) < 4.78 is 12.6. The summed E-state index contributed by atoms with van der Waals surface area (Å²) in [7, 11) is 1.64. The zero-order valence-electron chi connectivity index (χ0n) is 16.6. The van der Waals surface area contributed by atoms with Crippen molar-refractivity contribution in [1.29, 1.82) is 0 Å². The predicted octanol–water partition coefficient (Wildman–Crippen LogP) is 5.03. The molecule has 0 aliphatic rings. The zero-order chi connectivity index (χ0) is 20.1. The van der Waals surface area contributed by atoms with Crippen molar-refractivity contribution in [1.82, 2.24) is 4.57 Å². The van der Waals surface area contributed by atoms with Gasteiger partial charge in [0.15, 0.2) is 0 Å². The topological polar surface area (TPSA) is 52.8 Å². The average molecular weight is 376 g/mol. The molecule has 0 saturated heterocycles. The average Bonchev–Trinajstić information content (AvgIpc) is 3.00. The van der Waals surface area contributed by atoms with Gasteiger partial charge in [-0.15, -0.1) is 0 Å². The molecule has 0 amide bonds. The SMILES string of the molecule is CCOC(=O)c1cccc(-n2c(C)cc(C=Nc3ccccc3OC)c2C)c1. The second-order valence-corrected chi connectivity index (χ2v) is 6.36. The number of hydrogen-bond donors (Lipinski definition) is 0. The standard InChI is InChI=1S/C23H24N2O3/c1-5-28-23(26)18-9-8-10-20(14-18)25-16(2)13-19(17(25)3)15-24-21-11-6-7-12-22(21)27-4/h6-15H,5H2,1-4H3. The summed E-state index contributed by atoms with van der Waals surface area (Å²) in [5, 5.41) is 0. The Morgan fingerprint density at radius 1 is 1.11 bits per heavy atom. The Labute approximate surface area is 165 Å². The quantitative estimate of drug-likeness (QED) is 0.448. The van der Waals surface area contributed by atoms with Crippen LogP contribution in [0.1, 0.15) is 34.2 Å². The van der Waals surface area contributed by atoms with Crippen molar-refractivity contribution >= 4 is 17.9 Å². The normalized spacial score (nSPS) is 11.0. The van der Waals surface area contributed by atoms with E-state index in [2.05, 4.69) is 15.6 Å². The molecule has 1 aromatic heterocycles. The fourth-order valence-corrected chi connectivity index (χ4v) is 3.18. The lowest BCUT2D eigenvalue weighted by atomic mass is 10.2. The number of para-hydroxylation sites is 2. The first-order valence-corrected chi connectivity index (χ1v) is 9.18. The molecule has 3 aromatic rings. The van der Waals surface area contributed by atoms with E-state index in [0.717, 1.165) is 34.1 Å². The number of ether oxygens (including phenoxy) is 2. The van der Waals surface area contributed by atoms with Crippen LogP contribution in [-0.4, -0.2) is 30.5 Å². The molecule has 5 heteroatoms. The van der Waals surface area contributed by atoms with Crippen LogP contribution in [0.15, 0.2) is 59.6 Å². The Hall–Kier alpha value is -3.34. The molecule has 0 N–H and O–H groups in total. The highest BCUT2D eigenvalue weighted by atomic mass is 16.5. The van der Waals surface area contributed by atoms with Gasteiger partial charge in [0, 0.05) is 28.9 Å². The van der Waals surface area contributed by atoms with Gasteiger partial charge < -0.3 is 14.0 Å². The van der Waals surface area contributed by atoms with E-state index >= 15 is 0 Å². The first kappa shape index (κ1) is 19.4. The van der Waals surface area contributed by atoms with Gasteiger partial charge in [0.05, 0.1) is 19.3 Å². The highest BCUT2D eigenvalue weighted by Gasteiger charge is 2.12. The second-order valence-electron chi connectivity index (χ2n) is 6.36. The van der Waals surface area contributed by atoms with Crippen LogP contribution in [0.3, 0.4) is 0 Å². The maximum absolute atomic E-state index is 12.1.